The second-order valence-electron chi connectivity index (χ2n) is 7.71. The van der Waals surface area contributed by atoms with Gasteiger partial charge in [0.15, 0.2) is 5.69 Å². The molecule has 0 saturated heterocycles. The molecule has 2 heterocycles. The fourth-order valence-electron chi connectivity index (χ4n) is 3.99. The van der Waals surface area contributed by atoms with Crippen LogP contribution in [0.25, 0.3) is 22.5 Å². The van der Waals surface area contributed by atoms with Gasteiger partial charge in [-0.1, -0.05) is 62.4 Å². The molecule has 2 aromatic heterocycles. The summed E-state index contributed by atoms with van der Waals surface area (Å²) in [6.07, 6.45) is 2.44. The topological polar surface area (TPSA) is 98.6 Å². The van der Waals surface area contributed by atoms with Crippen LogP contribution in [0.15, 0.2) is 48.5 Å². The van der Waals surface area contributed by atoms with Crippen molar-refractivity contribution in [2.24, 2.45) is 0 Å². The average molecular weight is 445 g/mol. The number of hydrogen-bond donors (Lipinski definition) is 1. The first-order chi connectivity index (χ1) is 16.2. The van der Waals surface area contributed by atoms with Crippen molar-refractivity contribution in [3.63, 3.8) is 0 Å². The van der Waals surface area contributed by atoms with Gasteiger partial charge in [-0.05, 0) is 41.7 Å². The number of rotatable bonds is 9. The Balaban J connectivity index is 1.67. The van der Waals surface area contributed by atoms with Gasteiger partial charge >= 0.3 is 5.97 Å². The summed E-state index contributed by atoms with van der Waals surface area (Å²) in [6.45, 7) is 6.85. The molecule has 0 spiro atoms. The highest BCUT2D eigenvalue weighted by molar-refractivity contribution is 5.89. The Labute approximate surface area is 193 Å². The number of carbonyl (C=O) groups excluding carboxylic acids is 1. The first-order valence-electron chi connectivity index (χ1n) is 11.3. The lowest BCUT2D eigenvalue weighted by Gasteiger charge is -2.13. The minimum atomic E-state index is -0.310. The van der Waals surface area contributed by atoms with E-state index in [4.69, 9.17) is 9.72 Å². The molecule has 2 aromatic carbocycles. The number of nitrogens with zero attached hydrogens (tertiary/aromatic N) is 5. The van der Waals surface area contributed by atoms with Crippen molar-refractivity contribution in [2.75, 3.05) is 6.61 Å². The van der Waals surface area contributed by atoms with Crippen molar-refractivity contribution >= 4 is 5.97 Å². The molecular weight excluding hydrogens is 416 g/mol. The molecule has 0 unspecified atom stereocenters. The molecular formula is C25H28N6O2. The van der Waals surface area contributed by atoms with Gasteiger partial charge in [-0.15, -0.1) is 10.2 Å². The minimum Gasteiger partial charge on any atom is -0.461 e. The van der Waals surface area contributed by atoms with E-state index in [1.54, 1.807) is 0 Å². The number of esters is 1. The lowest BCUT2D eigenvalue weighted by molar-refractivity contribution is 0.0512. The third kappa shape index (κ3) is 4.69. The van der Waals surface area contributed by atoms with Crippen LogP contribution in [-0.4, -0.2) is 42.8 Å². The van der Waals surface area contributed by atoms with Crippen molar-refractivity contribution in [2.45, 2.75) is 46.6 Å². The zero-order valence-electron chi connectivity index (χ0n) is 19.2. The van der Waals surface area contributed by atoms with Gasteiger partial charge in [-0.25, -0.2) is 9.78 Å². The Morgan fingerprint density at radius 3 is 2.42 bits per heavy atom. The number of carbonyl (C=O) groups is 1. The predicted octanol–water partition coefficient (Wildman–Crippen LogP) is 4.47. The van der Waals surface area contributed by atoms with Crippen molar-refractivity contribution < 1.29 is 9.53 Å². The normalized spacial score (nSPS) is 11.0. The molecule has 0 saturated carbocycles. The Morgan fingerprint density at radius 1 is 1.03 bits per heavy atom. The van der Waals surface area contributed by atoms with Crippen LogP contribution in [0.5, 0.6) is 0 Å². The van der Waals surface area contributed by atoms with Crippen LogP contribution in [0.1, 0.15) is 54.8 Å². The van der Waals surface area contributed by atoms with E-state index in [9.17, 15) is 4.79 Å². The maximum atomic E-state index is 12.7. The number of hydrogen-bond acceptors (Lipinski definition) is 6. The quantitative estimate of drug-likeness (QED) is 0.383. The van der Waals surface area contributed by atoms with E-state index in [-0.39, 0.29) is 5.97 Å². The van der Waals surface area contributed by atoms with Gasteiger partial charge < -0.3 is 9.30 Å². The molecule has 170 valence electrons. The highest BCUT2D eigenvalue weighted by Gasteiger charge is 2.23. The van der Waals surface area contributed by atoms with E-state index in [0.29, 0.717) is 31.1 Å². The molecule has 8 nitrogen and oxygen atoms in total. The smallest absolute Gasteiger partial charge is 0.356 e. The van der Waals surface area contributed by atoms with Crippen LogP contribution < -0.4 is 0 Å². The van der Waals surface area contributed by atoms with Crippen molar-refractivity contribution in [1.82, 2.24) is 30.2 Å². The molecule has 1 N–H and O–H groups in total. The molecule has 4 aromatic rings. The Morgan fingerprint density at radius 2 is 1.79 bits per heavy atom. The van der Waals surface area contributed by atoms with E-state index in [2.05, 4.69) is 51.8 Å². The van der Waals surface area contributed by atoms with Gasteiger partial charge in [-0.3, -0.25) is 0 Å². The van der Waals surface area contributed by atoms with Crippen LogP contribution >= 0.6 is 0 Å². The Hall–Kier alpha value is -3.81. The van der Waals surface area contributed by atoms with Gasteiger partial charge in [-0.2, -0.15) is 5.21 Å². The van der Waals surface area contributed by atoms with Crippen LogP contribution in [0.3, 0.4) is 0 Å². The van der Waals surface area contributed by atoms with Crippen LogP contribution in [0, 0.1) is 0 Å². The first-order valence-corrected chi connectivity index (χ1v) is 11.3. The van der Waals surface area contributed by atoms with E-state index < -0.39 is 0 Å². The second kappa shape index (κ2) is 10.2. The number of imidazole rings is 1. The van der Waals surface area contributed by atoms with Gasteiger partial charge in [0.2, 0.25) is 5.82 Å². The second-order valence-corrected chi connectivity index (χ2v) is 7.71. The standard InChI is InChI=1S/C25H28N6O2/c1-4-9-22-26-21(5-2)23(25(32)33-6-3)31(22)16-17-12-14-18(15-13-17)19-10-7-8-11-20(19)24-27-29-30-28-24/h7-8,10-15H,4-6,9,16H2,1-3H3,(H,27,28,29,30). The SMILES string of the molecule is CCCc1nc(CC)c(C(=O)OCC)n1Cc1ccc(-c2ccccc2-c2nn[nH]n2)cc1. The number of aromatic amines is 1. The number of tetrazole rings is 1. The largest absolute Gasteiger partial charge is 0.461 e. The lowest BCUT2D eigenvalue weighted by Crippen LogP contribution is -2.16. The minimum absolute atomic E-state index is 0.310. The molecule has 0 bridgehead atoms. The van der Waals surface area contributed by atoms with E-state index in [1.807, 2.05) is 42.7 Å². The van der Waals surface area contributed by atoms with Crippen molar-refractivity contribution in [1.29, 1.82) is 0 Å². The molecule has 0 amide bonds. The summed E-state index contributed by atoms with van der Waals surface area (Å²) >= 11 is 0. The molecule has 0 aliphatic carbocycles. The van der Waals surface area contributed by atoms with Crippen molar-refractivity contribution in [3.8, 4) is 22.5 Å². The third-order valence-corrected chi connectivity index (χ3v) is 5.52. The van der Waals surface area contributed by atoms with Crippen LogP contribution in [0.2, 0.25) is 0 Å². The number of aryl methyl sites for hydroxylation is 2. The van der Waals surface area contributed by atoms with Gasteiger partial charge in [0, 0.05) is 18.5 Å². The maximum absolute atomic E-state index is 12.7. The number of H-pyrrole nitrogens is 1. The third-order valence-electron chi connectivity index (χ3n) is 5.52. The highest BCUT2D eigenvalue weighted by Crippen LogP contribution is 2.30. The maximum Gasteiger partial charge on any atom is 0.356 e. The van der Waals surface area contributed by atoms with Gasteiger partial charge in [0.25, 0.3) is 0 Å². The molecule has 4 rings (SSSR count). The molecule has 8 heteroatoms. The molecule has 0 aliphatic rings. The van der Waals surface area contributed by atoms with Gasteiger partial charge in [0.1, 0.15) is 5.82 Å². The fourth-order valence-corrected chi connectivity index (χ4v) is 3.99. The lowest BCUT2D eigenvalue weighted by atomic mass is 9.98. The number of aromatic nitrogens is 6. The number of nitrogens with one attached hydrogen (secondary N) is 1. The van der Waals surface area contributed by atoms with E-state index in [0.717, 1.165) is 46.6 Å². The summed E-state index contributed by atoms with van der Waals surface area (Å²) in [5.41, 5.74) is 5.44. The van der Waals surface area contributed by atoms with Crippen molar-refractivity contribution in [3.05, 3.63) is 71.3 Å². The highest BCUT2D eigenvalue weighted by atomic mass is 16.5. The summed E-state index contributed by atoms with van der Waals surface area (Å²) in [4.78, 5) is 17.5. The number of ether oxygens (including phenoxy) is 1. The Bertz CT molecular complexity index is 1210. The summed E-state index contributed by atoms with van der Waals surface area (Å²) in [7, 11) is 0. The predicted molar refractivity (Wildman–Crippen MR) is 126 cm³/mol. The van der Waals surface area contributed by atoms with Gasteiger partial charge in [0.05, 0.1) is 12.3 Å². The summed E-state index contributed by atoms with van der Waals surface area (Å²) in [5, 5.41) is 14.4. The number of benzene rings is 2. The molecule has 0 fully saturated rings. The zero-order chi connectivity index (χ0) is 23.2. The molecule has 0 atom stereocenters. The van der Waals surface area contributed by atoms with E-state index in [1.165, 1.54) is 0 Å². The monoisotopic (exact) mass is 444 g/mol. The van der Waals surface area contributed by atoms with Crippen LogP contribution in [-0.2, 0) is 24.1 Å². The summed E-state index contributed by atoms with van der Waals surface area (Å²) in [6, 6.07) is 16.3. The molecule has 0 aliphatic heterocycles. The van der Waals surface area contributed by atoms with E-state index >= 15 is 0 Å². The average Bonchev–Trinajstić information content (AvgIpc) is 3.49. The fraction of sp³-hybridized carbons (Fsp3) is 0.320. The molecule has 0 radical (unpaired) electrons. The first kappa shape index (κ1) is 22.4. The zero-order valence-corrected chi connectivity index (χ0v) is 19.2. The summed E-state index contributed by atoms with van der Waals surface area (Å²) in [5.74, 6) is 1.17. The summed E-state index contributed by atoms with van der Waals surface area (Å²) < 4.78 is 7.36. The Kier molecular flexibility index (Phi) is 6.92. The molecule has 33 heavy (non-hydrogen) atoms. The van der Waals surface area contributed by atoms with Crippen LogP contribution in [0.4, 0.5) is 0 Å².